The monoisotopic (exact) mass is 425 g/mol. The van der Waals surface area contributed by atoms with Crippen LogP contribution in [0, 0.1) is 11.6 Å². The van der Waals surface area contributed by atoms with Crippen LogP contribution in [0.2, 0.25) is 0 Å². The van der Waals surface area contributed by atoms with Gasteiger partial charge in [-0.05, 0) is 24.3 Å². The molecule has 11 heteroatoms. The molecule has 154 valence electrons. The molecule has 2 aromatic rings. The first-order valence-electron chi connectivity index (χ1n) is 8.45. The van der Waals surface area contributed by atoms with Gasteiger partial charge in [0, 0.05) is 17.8 Å². The van der Waals surface area contributed by atoms with Gasteiger partial charge in [-0.1, -0.05) is 18.2 Å². The van der Waals surface area contributed by atoms with Crippen molar-refractivity contribution in [2.24, 2.45) is 5.14 Å². The Hall–Kier alpha value is -2.89. The van der Waals surface area contributed by atoms with Crippen molar-refractivity contribution in [3.63, 3.8) is 0 Å². The highest BCUT2D eigenvalue weighted by Crippen LogP contribution is 2.25. The highest BCUT2D eigenvalue weighted by atomic mass is 32.2. The number of halogens is 2. The zero-order valence-electron chi connectivity index (χ0n) is 15.0. The molecule has 2 amide bonds. The van der Waals surface area contributed by atoms with E-state index >= 15 is 0 Å². The SMILES string of the molecule is NS(=O)(=O)c1cc(F)cc(NC(=O)C(=O)N2CCOC(c3ccccc3F)C2)c1. The number of benzene rings is 2. The number of anilines is 1. The molecule has 0 aliphatic carbocycles. The normalized spacial score (nSPS) is 17.1. The van der Waals surface area contributed by atoms with E-state index in [0.717, 1.165) is 12.1 Å². The number of nitrogens with two attached hydrogens (primary N) is 1. The summed E-state index contributed by atoms with van der Waals surface area (Å²) in [4.78, 5) is 25.4. The lowest BCUT2D eigenvalue weighted by molar-refractivity contribution is -0.148. The minimum absolute atomic E-state index is 0.0568. The summed E-state index contributed by atoms with van der Waals surface area (Å²) in [5.74, 6) is -3.50. The third kappa shape index (κ3) is 4.94. The molecule has 3 N–H and O–H groups in total. The summed E-state index contributed by atoms with van der Waals surface area (Å²) >= 11 is 0. The molecule has 1 unspecified atom stereocenters. The molecule has 1 saturated heterocycles. The van der Waals surface area contributed by atoms with Crippen LogP contribution >= 0.6 is 0 Å². The van der Waals surface area contributed by atoms with E-state index in [0.29, 0.717) is 6.07 Å². The van der Waals surface area contributed by atoms with Gasteiger partial charge in [0.05, 0.1) is 18.0 Å². The van der Waals surface area contributed by atoms with Crippen molar-refractivity contribution in [3.05, 3.63) is 59.7 Å². The van der Waals surface area contributed by atoms with E-state index in [9.17, 15) is 26.8 Å². The molecule has 0 bridgehead atoms. The van der Waals surface area contributed by atoms with Crippen LogP contribution < -0.4 is 10.5 Å². The second kappa shape index (κ2) is 8.23. The summed E-state index contributed by atoms with van der Waals surface area (Å²) < 4.78 is 55.8. The van der Waals surface area contributed by atoms with Crippen molar-refractivity contribution in [2.75, 3.05) is 25.0 Å². The lowest BCUT2D eigenvalue weighted by atomic mass is 10.1. The molecule has 1 aliphatic heterocycles. The number of rotatable bonds is 3. The lowest BCUT2D eigenvalue weighted by Crippen LogP contribution is -2.47. The molecule has 1 atom stereocenters. The summed E-state index contributed by atoms with van der Waals surface area (Å²) in [6.07, 6.45) is -0.746. The van der Waals surface area contributed by atoms with Crippen LogP contribution in [0.15, 0.2) is 47.4 Å². The summed E-state index contributed by atoms with van der Waals surface area (Å²) in [5.41, 5.74) is 0.0135. The molecule has 1 fully saturated rings. The number of hydrogen-bond donors (Lipinski definition) is 2. The Morgan fingerprint density at radius 3 is 2.59 bits per heavy atom. The maximum atomic E-state index is 14.0. The number of nitrogens with zero attached hydrogens (tertiary/aromatic N) is 1. The average molecular weight is 425 g/mol. The van der Waals surface area contributed by atoms with Crippen LogP contribution in [0.4, 0.5) is 14.5 Å². The summed E-state index contributed by atoms with van der Waals surface area (Å²) in [6.45, 7) is 0.134. The van der Waals surface area contributed by atoms with Gasteiger partial charge in [0.2, 0.25) is 10.0 Å². The van der Waals surface area contributed by atoms with Gasteiger partial charge < -0.3 is 15.0 Å². The zero-order valence-corrected chi connectivity index (χ0v) is 15.8. The molecule has 2 aromatic carbocycles. The van der Waals surface area contributed by atoms with Gasteiger partial charge in [-0.3, -0.25) is 9.59 Å². The van der Waals surface area contributed by atoms with Crippen LogP contribution in [-0.2, 0) is 24.3 Å². The standard InChI is InChI=1S/C18H17F2N3O5S/c19-11-7-12(9-13(8-11)29(21,26)27)22-17(24)18(25)23-5-6-28-16(10-23)14-3-1-2-4-15(14)20/h1-4,7-9,16H,5-6,10H2,(H,22,24)(H2,21,26,27). The number of sulfonamides is 1. The number of carbonyl (C=O) groups excluding carboxylic acids is 2. The van der Waals surface area contributed by atoms with E-state index in [4.69, 9.17) is 9.88 Å². The van der Waals surface area contributed by atoms with Crippen molar-refractivity contribution < 1.29 is 31.5 Å². The first-order chi connectivity index (χ1) is 13.6. The Bertz CT molecular complexity index is 1060. The molecule has 0 radical (unpaired) electrons. The van der Waals surface area contributed by atoms with E-state index in [1.54, 1.807) is 6.07 Å². The molecule has 0 aromatic heterocycles. The summed E-state index contributed by atoms with van der Waals surface area (Å²) in [5, 5.41) is 7.11. The zero-order chi connectivity index (χ0) is 21.2. The predicted molar refractivity (Wildman–Crippen MR) is 98.1 cm³/mol. The molecular formula is C18H17F2N3O5S. The molecule has 0 spiro atoms. The van der Waals surface area contributed by atoms with Crippen LogP contribution in [-0.4, -0.2) is 44.8 Å². The van der Waals surface area contributed by atoms with Gasteiger partial charge in [0.15, 0.2) is 0 Å². The molecule has 29 heavy (non-hydrogen) atoms. The maximum absolute atomic E-state index is 14.0. The topological polar surface area (TPSA) is 119 Å². The molecule has 1 heterocycles. The Kier molecular flexibility index (Phi) is 5.91. The third-order valence-electron chi connectivity index (χ3n) is 4.26. The van der Waals surface area contributed by atoms with Crippen molar-refractivity contribution >= 4 is 27.5 Å². The van der Waals surface area contributed by atoms with Gasteiger partial charge in [0.25, 0.3) is 0 Å². The number of amides is 2. The second-order valence-electron chi connectivity index (χ2n) is 6.31. The van der Waals surface area contributed by atoms with Crippen LogP contribution in [0.3, 0.4) is 0 Å². The van der Waals surface area contributed by atoms with Crippen molar-refractivity contribution in [2.45, 2.75) is 11.0 Å². The van der Waals surface area contributed by atoms with E-state index in [2.05, 4.69) is 5.32 Å². The Morgan fingerprint density at radius 2 is 1.90 bits per heavy atom. The smallest absolute Gasteiger partial charge is 0.313 e. The Balaban J connectivity index is 1.73. The molecular weight excluding hydrogens is 408 g/mol. The molecule has 8 nitrogen and oxygen atoms in total. The van der Waals surface area contributed by atoms with Gasteiger partial charge >= 0.3 is 11.8 Å². The van der Waals surface area contributed by atoms with Crippen LogP contribution in [0.1, 0.15) is 11.7 Å². The fourth-order valence-electron chi connectivity index (χ4n) is 2.89. The predicted octanol–water partition coefficient (Wildman–Crippen LogP) is 1.15. The second-order valence-corrected chi connectivity index (χ2v) is 7.87. The number of carbonyl (C=O) groups is 2. The Labute approximate surface area is 165 Å². The number of morpholine rings is 1. The number of ether oxygens (including phenoxy) is 1. The summed E-state index contributed by atoms with van der Waals surface area (Å²) in [6, 6.07) is 8.41. The van der Waals surface area contributed by atoms with Gasteiger partial charge in [-0.2, -0.15) is 0 Å². The van der Waals surface area contributed by atoms with Crippen molar-refractivity contribution in [3.8, 4) is 0 Å². The quantitative estimate of drug-likeness (QED) is 0.715. The maximum Gasteiger partial charge on any atom is 0.313 e. The van der Waals surface area contributed by atoms with E-state index in [-0.39, 0.29) is 30.9 Å². The minimum Gasteiger partial charge on any atom is -0.370 e. The first-order valence-corrected chi connectivity index (χ1v) is 9.99. The van der Waals surface area contributed by atoms with E-state index < -0.39 is 44.5 Å². The summed E-state index contributed by atoms with van der Waals surface area (Å²) in [7, 11) is -4.21. The largest absolute Gasteiger partial charge is 0.370 e. The highest BCUT2D eigenvalue weighted by molar-refractivity contribution is 7.89. The fourth-order valence-corrected chi connectivity index (χ4v) is 3.45. The molecule has 1 aliphatic rings. The van der Waals surface area contributed by atoms with Crippen molar-refractivity contribution in [1.82, 2.24) is 4.90 Å². The van der Waals surface area contributed by atoms with Gasteiger partial charge in [-0.25, -0.2) is 22.3 Å². The lowest BCUT2D eigenvalue weighted by Gasteiger charge is -2.32. The average Bonchev–Trinajstić information content (AvgIpc) is 2.66. The fraction of sp³-hybridized carbons (Fsp3) is 0.222. The number of nitrogens with one attached hydrogen (secondary N) is 1. The van der Waals surface area contributed by atoms with Gasteiger partial charge in [-0.15, -0.1) is 0 Å². The number of primary sulfonamides is 1. The first kappa shape index (κ1) is 20.8. The van der Waals surface area contributed by atoms with Crippen molar-refractivity contribution in [1.29, 1.82) is 0 Å². The van der Waals surface area contributed by atoms with Gasteiger partial charge in [0.1, 0.15) is 17.7 Å². The molecule has 0 saturated carbocycles. The van der Waals surface area contributed by atoms with E-state index in [1.807, 2.05) is 0 Å². The Morgan fingerprint density at radius 1 is 1.17 bits per heavy atom. The third-order valence-corrected chi connectivity index (χ3v) is 5.15. The van der Waals surface area contributed by atoms with Crippen LogP contribution in [0.5, 0.6) is 0 Å². The number of hydrogen-bond acceptors (Lipinski definition) is 5. The minimum atomic E-state index is -4.21. The highest BCUT2D eigenvalue weighted by Gasteiger charge is 2.30. The van der Waals surface area contributed by atoms with Crippen LogP contribution in [0.25, 0.3) is 0 Å². The molecule has 3 rings (SSSR count). The van der Waals surface area contributed by atoms with E-state index in [1.165, 1.54) is 23.1 Å².